The molecule has 3 aromatic heterocycles. The molecule has 0 atom stereocenters. The van der Waals surface area contributed by atoms with Crippen LogP contribution < -0.4 is 0 Å². The maximum atomic E-state index is 5.58. The van der Waals surface area contributed by atoms with E-state index in [9.17, 15) is 0 Å². The number of H-pyrrole nitrogens is 2. The van der Waals surface area contributed by atoms with Crippen LogP contribution in [-0.2, 0) is 55.8 Å². The van der Waals surface area contributed by atoms with Crippen molar-refractivity contribution in [3.8, 4) is 0 Å². The van der Waals surface area contributed by atoms with E-state index in [0.717, 1.165) is 62.8 Å². The van der Waals surface area contributed by atoms with Gasteiger partial charge in [-0.2, -0.15) is 0 Å². The Morgan fingerprint density at radius 3 is 1.17 bits per heavy atom. The molecule has 226 valence electrons. The topological polar surface area (TPSA) is 57.4 Å². The van der Waals surface area contributed by atoms with E-state index >= 15 is 0 Å². The van der Waals surface area contributed by atoms with Gasteiger partial charge in [0.1, 0.15) is 0 Å². The molecular weight excluding hydrogens is 627 g/mol. The van der Waals surface area contributed by atoms with E-state index in [-0.39, 0.29) is 0 Å². The molecular formula is C36H46ClN4Rh. The molecule has 0 fully saturated rings. The average Bonchev–Trinajstić information content (AvgIpc) is 3.78. The van der Waals surface area contributed by atoms with Crippen LogP contribution in [-0.4, -0.2) is 19.9 Å². The van der Waals surface area contributed by atoms with Crippen molar-refractivity contribution in [3.05, 3.63) is 68.3 Å². The summed E-state index contributed by atoms with van der Waals surface area (Å²) in [5, 5.41) is 0. The number of halogens is 1. The van der Waals surface area contributed by atoms with Gasteiger partial charge in [-0.3, -0.25) is 0 Å². The fourth-order valence-electron chi connectivity index (χ4n) is 7.12. The van der Waals surface area contributed by atoms with E-state index in [2.05, 4.69) is 99.3 Å². The zero-order valence-corrected chi connectivity index (χ0v) is 29.0. The predicted octanol–water partition coefficient (Wildman–Crippen LogP) is 10.3. The van der Waals surface area contributed by atoms with E-state index < -0.39 is 0 Å². The second-order valence-electron chi connectivity index (χ2n) is 10.9. The Hall–Kier alpha value is -2.49. The molecule has 0 aliphatic carbocycles. The quantitative estimate of drug-likeness (QED) is 0.183. The van der Waals surface area contributed by atoms with Crippen LogP contribution >= 0.6 is 9.69 Å². The molecule has 0 saturated carbocycles. The fraction of sp³-hybridized carbons (Fsp3) is 0.444. The van der Waals surface area contributed by atoms with Crippen molar-refractivity contribution in [1.82, 2.24) is 19.9 Å². The van der Waals surface area contributed by atoms with E-state index in [1.54, 1.807) is 0 Å². The molecule has 0 saturated heterocycles. The van der Waals surface area contributed by atoms with Gasteiger partial charge in [-0.15, -0.1) is 0 Å². The van der Waals surface area contributed by atoms with Gasteiger partial charge in [0, 0.05) is 33.2 Å². The molecule has 0 aromatic carbocycles. The number of nitrogens with zero attached hydrogens (tertiary/aromatic N) is 2. The zero-order valence-electron chi connectivity index (χ0n) is 26.6. The Kier molecular flexibility index (Phi) is 11.1. The summed E-state index contributed by atoms with van der Waals surface area (Å²) in [6, 6.07) is 4.47. The van der Waals surface area contributed by atoms with E-state index in [1.807, 2.05) is 17.3 Å². The molecule has 0 spiro atoms. The number of rotatable bonds is 8. The summed E-state index contributed by atoms with van der Waals surface area (Å²) in [4.78, 5) is 18.4. The van der Waals surface area contributed by atoms with Crippen LogP contribution in [0.15, 0.2) is 12.1 Å². The molecule has 5 rings (SSSR count). The second-order valence-corrected chi connectivity index (χ2v) is 10.9. The third-order valence-corrected chi connectivity index (χ3v) is 8.93. The van der Waals surface area contributed by atoms with Gasteiger partial charge in [-0.1, -0.05) is 55.4 Å². The monoisotopic (exact) mass is 672 g/mol. The van der Waals surface area contributed by atoms with Crippen molar-refractivity contribution in [2.75, 3.05) is 0 Å². The number of fused-ring (bicyclic) bond motifs is 8. The average molecular weight is 673 g/mol. The van der Waals surface area contributed by atoms with Crippen molar-refractivity contribution < 1.29 is 17.3 Å². The van der Waals surface area contributed by atoms with E-state index in [0.29, 0.717) is 0 Å². The van der Waals surface area contributed by atoms with Crippen LogP contribution in [0.4, 0.5) is 0 Å². The van der Waals surface area contributed by atoms with Crippen LogP contribution in [0, 0.1) is 0 Å². The van der Waals surface area contributed by atoms with Gasteiger partial charge in [0.15, 0.2) is 0 Å². The van der Waals surface area contributed by atoms with Gasteiger partial charge in [-0.05, 0) is 109 Å². The Balaban J connectivity index is 0.00000198. The molecule has 8 bridgehead atoms. The molecule has 3 aromatic rings. The molecule has 42 heavy (non-hydrogen) atoms. The minimum atomic E-state index is 0.935. The summed E-state index contributed by atoms with van der Waals surface area (Å²) in [7, 11) is 4.53. The molecule has 0 unspecified atom stereocenters. The van der Waals surface area contributed by atoms with Crippen molar-refractivity contribution in [1.29, 1.82) is 0 Å². The number of hydrogen-bond donors (Lipinski definition) is 2. The first-order valence-electron chi connectivity index (χ1n) is 15.8. The molecule has 2 aliphatic heterocycles. The minimum absolute atomic E-state index is 0.935. The molecule has 6 heteroatoms. The summed E-state index contributed by atoms with van der Waals surface area (Å²) in [6.45, 7) is 18.3. The summed E-state index contributed by atoms with van der Waals surface area (Å²) in [5.41, 5.74) is 20.4. The Morgan fingerprint density at radius 2 is 0.857 bits per heavy atom. The number of hydrogen-bond acceptors (Lipinski definition) is 2. The Labute approximate surface area is 266 Å². The summed E-state index contributed by atoms with van der Waals surface area (Å²) in [5.74, 6) is 0. The number of aromatic nitrogens is 4. The molecule has 0 radical (unpaired) electrons. The summed E-state index contributed by atoms with van der Waals surface area (Å²) < 4.78 is 0. The summed E-state index contributed by atoms with van der Waals surface area (Å²) >= 11 is 2.02. The van der Waals surface area contributed by atoms with Crippen molar-refractivity contribution in [2.45, 2.75) is 107 Å². The van der Waals surface area contributed by atoms with Crippen molar-refractivity contribution in [3.63, 3.8) is 0 Å². The number of aromatic amines is 2. The normalized spacial score (nSPS) is 12.6. The third kappa shape index (κ3) is 5.60. The molecule has 0 amide bonds. The van der Waals surface area contributed by atoms with Crippen LogP contribution in [0.25, 0.3) is 45.4 Å². The SMILES string of the molecule is CCC1=C(CC)c2nc1c(CC)c1[nH]c(cc3nc(cc4[nH]c(c2CC)c(CC)c4CC)C=C3)c(CC)c1CC.[Cl][Rh]. The first-order valence-corrected chi connectivity index (χ1v) is 17.9. The maximum absolute atomic E-state index is 5.58. The first-order chi connectivity index (χ1) is 20.5. The second kappa shape index (κ2) is 14.3. The van der Waals surface area contributed by atoms with Gasteiger partial charge in [0.25, 0.3) is 0 Å². The van der Waals surface area contributed by atoms with Gasteiger partial charge in [0.05, 0.1) is 22.8 Å². The fourth-order valence-corrected chi connectivity index (χ4v) is 7.12. The molecule has 2 aliphatic rings. The zero-order chi connectivity index (χ0) is 30.6. The molecule has 4 nitrogen and oxygen atoms in total. The number of allylic oxidation sites excluding steroid dienone is 2. The third-order valence-electron chi connectivity index (χ3n) is 8.93. The number of aryl methyl sites for hydroxylation is 6. The van der Waals surface area contributed by atoms with E-state index in [4.69, 9.17) is 9.97 Å². The van der Waals surface area contributed by atoms with Gasteiger partial charge in [-0.25, -0.2) is 9.97 Å². The van der Waals surface area contributed by atoms with Crippen LogP contribution in [0.1, 0.15) is 124 Å². The standard InChI is InChI=1S/C36H46N4.ClH.Rh/c1-9-23-25(11-3)33-29(15-7)35-27(13-5)28(14-6)36(40-35)30(16-8)34-26(12-4)24(10-2)32(39-34)20-22-18-17-21(37-22)19-31(23)38-33;;/h17-20,38-39H,9-16H2,1-8H3;1H;/q;;+1/p-1. The van der Waals surface area contributed by atoms with Crippen LogP contribution in [0.3, 0.4) is 0 Å². The predicted molar refractivity (Wildman–Crippen MR) is 179 cm³/mol. The van der Waals surface area contributed by atoms with Crippen LogP contribution in [0.5, 0.6) is 0 Å². The first kappa shape index (κ1) is 32.4. The number of nitrogens with one attached hydrogen (secondary N) is 2. The van der Waals surface area contributed by atoms with E-state index in [1.165, 1.54) is 78.0 Å². The summed E-state index contributed by atoms with van der Waals surface area (Å²) in [6.07, 6.45) is 12.1. The van der Waals surface area contributed by atoms with Gasteiger partial charge in [0.2, 0.25) is 0 Å². The molecule has 2 N–H and O–H groups in total. The van der Waals surface area contributed by atoms with Crippen molar-refractivity contribution >= 4 is 55.1 Å². The Bertz CT molecular complexity index is 1570. The Morgan fingerprint density at radius 1 is 0.500 bits per heavy atom. The van der Waals surface area contributed by atoms with Crippen molar-refractivity contribution in [2.24, 2.45) is 0 Å². The van der Waals surface area contributed by atoms with Crippen LogP contribution in [0.2, 0.25) is 0 Å². The van der Waals surface area contributed by atoms with Gasteiger partial charge >= 0.3 is 27.0 Å². The molecule has 5 heterocycles. The van der Waals surface area contributed by atoms with Gasteiger partial charge < -0.3 is 9.97 Å².